The zero-order valence-corrected chi connectivity index (χ0v) is 20.1. The van der Waals surface area contributed by atoms with Crippen molar-refractivity contribution in [3.05, 3.63) is 65.2 Å². The summed E-state index contributed by atoms with van der Waals surface area (Å²) in [6.07, 6.45) is 2.33. The van der Waals surface area contributed by atoms with Crippen LogP contribution in [0, 0.1) is 22.7 Å². The lowest BCUT2D eigenvalue weighted by molar-refractivity contribution is -0.127. The first-order valence-electron chi connectivity index (χ1n) is 10.9. The van der Waals surface area contributed by atoms with E-state index in [1.165, 1.54) is 29.3 Å². The number of halogens is 1. The van der Waals surface area contributed by atoms with Gasteiger partial charge in [-0.15, -0.1) is 5.10 Å². The van der Waals surface area contributed by atoms with Crippen molar-refractivity contribution in [2.45, 2.75) is 19.1 Å². The number of amides is 1. The van der Waals surface area contributed by atoms with Gasteiger partial charge in [-0.25, -0.2) is 19.6 Å². The highest BCUT2D eigenvalue weighted by molar-refractivity contribution is 6.32. The van der Waals surface area contributed by atoms with Crippen molar-refractivity contribution in [2.75, 3.05) is 18.5 Å². The third-order valence-corrected chi connectivity index (χ3v) is 5.40. The molecule has 3 aromatic heterocycles. The molecule has 0 aliphatic heterocycles. The highest BCUT2D eigenvalue weighted by atomic mass is 35.5. The fourth-order valence-electron chi connectivity index (χ4n) is 3.21. The topological polar surface area (TPSA) is 172 Å². The van der Waals surface area contributed by atoms with Gasteiger partial charge in [0.15, 0.2) is 5.65 Å². The second kappa shape index (κ2) is 11.4. The number of nitrogens with zero attached hydrogens (tertiary/aromatic N) is 7. The second-order valence-electron chi connectivity index (χ2n) is 7.70. The van der Waals surface area contributed by atoms with Crippen LogP contribution in [0.25, 0.3) is 16.7 Å². The molecule has 2 N–H and O–H groups in total. The molecular weight excluding hydrogens is 500 g/mol. The van der Waals surface area contributed by atoms with Crippen molar-refractivity contribution in [3.63, 3.8) is 0 Å². The number of benzene rings is 1. The summed E-state index contributed by atoms with van der Waals surface area (Å²) in [7, 11) is 0. The minimum atomic E-state index is -1.21. The number of pyridine rings is 1. The Hall–Kier alpha value is -4.62. The van der Waals surface area contributed by atoms with E-state index in [2.05, 4.69) is 31.4 Å². The lowest BCUT2D eigenvalue weighted by Gasteiger charge is -2.20. The molecule has 0 spiro atoms. The van der Waals surface area contributed by atoms with E-state index in [-0.39, 0.29) is 30.6 Å². The molecule has 0 saturated carbocycles. The molecule has 1 amide bonds. The van der Waals surface area contributed by atoms with Crippen LogP contribution in [0.2, 0.25) is 5.02 Å². The predicted molar refractivity (Wildman–Crippen MR) is 131 cm³/mol. The largest absolute Gasteiger partial charge is 0.461 e. The third-order valence-electron chi connectivity index (χ3n) is 5.10. The Labute approximate surface area is 215 Å². The standard InChI is InChI=1S/C24H19ClN8O4/c1-14(11-34)36-12-19(23(35)31-20-6-5-15(7-26)9-28-20)37-24-17-10-33(32-22(17)29-13-30-24)21-16(8-27)3-2-4-18(21)25/h2-6,9-10,13-14,19,34H,11-12H2,1H3,(H,28,31,35)/t14-,19+/m1/s1. The Morgan fingerprint density at radius 1 is 1.22 bits per heavy atom. The summed E-state index contributed by atoms with van der Waals surface area (Å²) in [5, 5.41) is 35.4. The number of para-hydroxylation sites is 1. The van der Waals surface area contributed by atoms with Gasteiger partial charge in [-0.3, -0.25) is 4.79 Å². The van der Waals surface area contributed by atoms with Crippen molar-refractivity contribution in [2.24, 2.45) is 0 Å². The molecule has 0 unspecified atom stereocenters. The maximum absolute atomic E-state index is 13.1. The number of rotatable bonds is 9. The summed E-state index contributed by atoms with van der Waals surface area (Å²) in [5.74, 6) is -0.356. The fraction of sp³-hybridized carbons (Fsp3) is 0.208. The second-order valence-corrected chi connectivity index (χ2v) is 8.11. The summed E-state index contributed by atoms with van der Waals surface area (Å²) in [5.41, 5.74) is 1.24. The Morgan fingerprint density at radius 2 is 2.05 bits per heavy atom. The number of fused-ring (bicyclic) bond motifs is 1. The number of aromatic nitrogens is 5. The number of carbonyl (C=O) groups is 1. The van der Waals surface area contributed by atoms with Crippen LogP contribution in [0.15, 0.2) is 49.1 Å². The van der Waals surface area contributed by atoms with Gasteiger partial charge in [-0.05, 0) is 31.2 Å². The minimum absolute atomic E-state index is 0.0370. The first kappa shape index (κ1) is 25.5. The zero-order chi connectivity index (χ0) is 26.4. The van der Waals surface area contributed by atoms with Gasteiger partial charge in [0.2, 0.25) is 12.0 Å². The summed E-state index contributed by atoms with van der Waals surface area (Å²) in [6, 6.07) is 11.9. The first-order chi connectivity index (χ1) is 17.9. The van der Waals surface area contributed by atoms with E-state index in [1.54, 1.807) is 31.3 Å². The van der Waals surface area contributed by atoms with Gasteiger partial charge in [0, 0.05) is 12.4 Å². The number of hydrogen-bond acceptors (Lipinski definition) is 10. The minimum Gasteiger partial charge on any atom is -0.461 e. The lowest BCUT2D eigenvalue weighted by Crippen LogP contribution is -2.38. The number of ether oxygens (including phenoxy) is 2. The Morgan fingerprint density at radius 3 is 2.76 bits per heavy atom. The number of aliphatic hydroxyl groups excluding tert-OH is 1. The molecule has 0 aliphatic rings. The van der Waals surface area contributed by atoms with E-state index in [1.807, 2.05) is 6.07 Å². The Balaban J connectivity index is 1.65. The maximum Gasteiger partial charge on any atom is 0.269 e. The number of carbonyl (C=O) groups excluding carboxylic acids is 1. The van der Waals surface area contributed by atoms with E-state index < -0.39 is 18.1 Å². The molecule has 186 valence electrons. The van der Waals surface area contributed by atoms with Crippen molar-refractivity contribution in [1.82, 2.24) is 24.7 Å². The molecule has 2 atom stereocenters. The van der Waals surface area contributed by atoms with Crippen LogP contribution in [0.3, 0.4) is 0 Å². The van der Waals surface area contributed by atoms with Gasteiger partial charge in [0.1, 0.15) is 35.4 Å². The monoisotopic (exact) mass is 518 g/mol. The van der Waals surface area contributed by atoms with E-state index >= 15 is 0 Å². The van der Waals surface area contributed by atoms with Gasteiger partial charge >= 0.3 is 0 Å². The van der Waals surface area contributed by atoms with Crippen molar-refractivity contribution in [1.29, 1.82) is 10.5 Å². The van der Waals surface area contributed by atoms with Crippen LogP contribution in [0.4, 0.5) is 5.82 Å². The van der Waals surface area contributed by atoms with Gasteiger partial charge in [-0.1, -0.05) is 17.7 Å². The molecule has 37 heavy (non-hydrogen) atoms. The average molecular weight is 519 g/mol. The predicted octanol–water partition coefficient (Wildman–Crippen LogP) is 2.39. The molecule has 13 heteroatoms. The molecule has 4 rings (SSSR count). The number of nitriles is 2. The van der Waals surface area contributed by atoms with E-state index in [0.717, 1.165) is 0 Å². The fourth-order valence-corrected chi connectivity index (χ4v) is 3.47. The van der Waals surface area contributed by atoms with Crippen LogP contribution in [0.5, 0.6) is 5.88 Å². The van der Waals surface area contributed by atoms with Gasteiger partial charge in [0.05, 0.1) is 35.5 Å². The zero-order valence-electron chi connectivity index (χ0n) is 19.4. The lowest BCUT2D eigenvalue weighted by atomic mass is 10.2. The summed E-state index contributed by atoms with van der Waals surface area (Å²) < 4.78 is 12.9. The molecular formula is C24H19ClN8O4. The molecule has 0 saturated heterocycles. The molecule has 1 aromatic carbocycles. The maximum atomic E-state index is 13.1. The Bertz CT molecular complexity index is 1510. The van der Waals surface area contributed by atoms with Gasteiger partial charge < -0.3 is 19.9 Å². The van der Waals surface area contributed by atoms with Crippen LogP contribution in [-0.4, -0.2) is 61.2 Å². The van der Waals surface area contributed by atoms with Crippen molar-refractivity contribution >= 4 is 34.4 Å². The summed E-state index contributed by atoms with van der Waals surface area (Å²) >= 11 is 6.32. The SMILES string of the molecule is C[C@H](CO)OC[C@H](Oc1ncnc2nn(-c3c(Cl)cccc3C#N)cc12)C(=O)Nc1ccc(C#N)cn1. The summed E-state index contributed by atoms with van der Waals surface area (Å²) in [6.45, 7) is 1.17. The van der Waals surface area contributed by atoms with Crippen LogP contribution < -0.4 is 10.1 Å². The number of nitrogens with one attached hydrogen (secondary N) is 1. The number of aliphatic hydroxyl groups is 1. The highest BCUT2D eigenvalue weighted by Gasteiger charge is 2.25. The Kier molecular flexibility index (Phi) is 7.86. The molecule has 0 fully saturated rings. The number of anilines is 1. The molecule has 4 aromatic rings. The molecule has 0 radical (unpaired) electrons. The van der Waals surface area contributed by atoms with Crippen LogP contribution in [0.1, 0.15) is 18.1 Å². The highest BCUT2D eigenvalue weighted by Crippen LogP contribution is 2.28. The number of hydrogen-bond donors (Lipinski definition) is 2. The smallest absolute Gasteiger partial charge is 0.269 e. The van der Waals surface area contributed by atoms with Gasteiger partial charge in [0.25, 0.3) is 5.91 Å². The summed E-state index contributed by atoms with van der Waals surface area (Å²) in [4.78, 5) is 25.4. The van der Waals surface area contributed by atoms with E-state index in [9.17, 15) is 15.2 Å². The molecule has 3 heterocycles. The van der Waals surface area contributed by atoms with Crippen LogP contribution in [-0.2, 0) is 9.53 Å². The van der Waals surface area contributed by atoms with Crippen molar-refractivity contribution in [3.8, 4) is 23.7 Å². The quantitative estimate of drug-likeness (QED) is 0.335. The molecule has 0 aliphatic carbocycles. The van der Waals surface area contributed by atoms with Crippen molar-refractivity contribution < 1.29 is 19.4 Å². The van der Waals surface area contributed by atoms with E-state index in [4.69, 9.17) is 26.3 Å². The molecule has 12 nitrogen and oxygen atoms in total. The van der Waals surface area contributed by atoms with Gasteiger partial charge in [-0.2, -0.15) is 10.5 Å². The molecule has 0 bridgehead atoms. The van der Waals surface area contributed by atoms with E-state index in [0.29, 0.717) is 27.2 Å². The first-order valence-corrected chi connectivity index (χ1v) is 11.3. The normalized spacial score (nSPS) is 12.4. The third kappa shape index (κ3) is 5.79. The average Bonchev–Trinajstić information content (AvgIpc) is 3.35. The van der Waals surface area contributed by atoms with Crippen LogP contribution >= 0.6 is 11.6 Å².